The normalized spacial score (nSPS) is 11.9. The molecule has 3 aromatic rings. The molecule has 3 N–H and O–H groups in total. The van der Waals surface area contributed by atoms with Crippen LogP contribution in [-0.2, 0) is 11.2 Å². The number of carbonyl (C=O) groups is 1. The zero-order valence-corrected chi connectivity index (χ0v) is 14.1. The number of non-ortho nitro benzene ring substituents is 1. The predicted molar refractivity (Wildman–Crippen MR) is 97.1 cm³/mol. The summed E-state index contributed by atoms with van der Waals surface area (Å²) in [6, 6.07) is 12.3. The second kappa shape index (κ2) is 7.75. The van der Waals surface area contributed by atoms with Gasteiger partial charge in [0.1, 0.15) is 0 Å². The fourth-order valence-corrected chi connectivity index (χ4v) is 2.67. The van der Waals surface area contributed by atoms with Crippen LogP contribution >= 0.6 is 0 Å². The third-order valence-corrected chi connectivity index (χ3v) is 4.08. The van der Waals surface area contributed by atoms with Gasteiger partial charge in [-0.3, -0.25) is 19.7 Å². The van der Waals surface area contributed by atoms with Crippen molar-refractivity contribution in [1.82, 2.24) is 15.5 Å². The largest absolute Gasteiger partial charge is 0.387 e. The summed E-state index contributed by atoms with van der Waals surface area (Å²) in [6.07, 6.45) is -1.07. The summed E-state index contributed by atoms with van der Waals surface area (Å²) in [5.74, 6) is -0.374. The van der Waals surface area contributed by atoms with E-state index in [1.165, 1.54) is 24.3 Å². The Kier molecular flexibility index (Phi) is 5.23. The monoisotopic (exact) mass is 368 g/mol. The van der Waals surface area contributed by atoms with Crippen LogP contribution in [0.15, 0.2) is 53.3 Å². The maximum absolute atomic E-state index is 12.2. The van der Waals surface area contributed by atoms with Crippen molar-refractivity contribution in [2.24, 2.45) is 0 Å². The summed E-state index contributed by atoms with van der Waals surface area (Å²) in [5, 5.41) is 30.7. The molecule has 0 aliphatic carbocycles. The Bertz CT molecular complexity index is 1050. The molecule has 3 rings (SSSR count). The number of fused-ring (bicyclic) bond motifs is 1. The molecule has 1 atom stereocenters. The van der Waals surface area contributed by atoms with Gasteiger partial charge in [0.05, 0.1) is 28.5 Å². The molecular formula is C18H16N4O5. The van der Waals surface area contributed by atoms with Crippen LogP contribution < -0.4 is 10.9 Å². The summed E-state index contributed by atoms with van der Waals surface area (Å²) in [7, 11) is 0. The number of H-pyrrole nitrogens is 1. The third kappa shape index (κ3) is 4.15. The van der Waals surface area contributed by atoms with Crippen LogP contribution in [0, 0.1) is 10.1 Å². The van der Waals surface area contributed by atoms with Crippen molar-refractivity contribution in [2.45, 2.75) is 12.5 Å². The molecule has 0 unspecified atom stereocenters. The van der Waals surface area contributed by atoms with Gasteiger partial charge < -0.3 is 10.4 Å². The van der Waals surface area contributed by atoms with Crippen molar-refractivity contribution in [3.8, 4) is 0 Å². The van der Waals surface area contributed by atoms with Gasteiger partial charge in [-0.25, -0.2) is 5.10 Å². The van der Waals surface area contributed by atoms with Gasteiger partial charge in [0.25, 0.3) is 11.2 Å². The first-order valence-corrected chi connectivity index (χ1v) is 8.11. The topological polar surface area (TPSA) is 138 Å². The van der Waals surface area contributed by atoms with E-state index in [9.17, 15) is 24.8 Å². The molecule has 0 bridgehead atoms. The summed E-state index contributed by atoms with van der Waals surface area (Å²) in [6.45, 7) is -0.0576. The van der Waals surface area contributed by atoms with E-state index >= 15 is 0 Å². The second-order valence-corrected chi connectivity index (χ2v) is 5.89. The Morgan fingerprint density at radius 3 is 2.52 bits per heavy atom. The van der Waals surface area contributed by atoms with E-state index in [4.69, 9.17) is 0 Å². The average Bonchev–Trinajstić information content (AvgIpc) is 2.68. The van der Waals surface area contributed by atoms with Gasteiger partial charge in [-0.05, 0) is 23.8 Å². The molecule has 1 heterocycles. The third-order valence-electron chi connectivity index (χ3n) is 4.08. The minimum absolute atomic E-state index is 0.0576. The fraction of sp³-hybridized carbons (Fsp3) is 0.167. The van der Waals surface area contributed by atoms with Crippen molar-refractivity contribution in [2.75, 3.05) is 6.54 Å². The lowest BCUT2D eigenvalue weighted by atomic mass is 10.1. The summed E-state index contributed by atoms with van der Waals surface area (Å²) >= 11 is 0. The Labute approximate surface area is 152 Å². The number of aromatic amines is 1. The maximum Gasteiger partial charge on any atom is 0.272 e. The van der Waals surface area contributed by atoms with E-state index in [1.807, 2.05) is 0 Å². The number of aliphatic hydroxyl groups is 1. The molecule has 0 aliphatic rings. The first kappa shape index (κ1) is 18.2. The van der Waals surface area contributed by atoms with Crippen LogP contribution in [0.4, 0.5) is 5.69 Å². The number of nitrogens with zero attached hydrogens (tertiary/aromatic N) is 2. The van der Waals surface area contributed by atoms with Crippen molar-refractivity contribution in [3.63, 3.8) is 0 Å². The van der Waals surface area contributed by atoms with E-state index in [2.05, 4.69) is 15.5 Å². The molecule has 27 heavy (non-hydrogen) atoms. The van der Waals surface area contributed by atoms with E-state index < -0.39 is 11.0 Å². The zero-order valence-electron chi connectivity index (χ0n) is 14.1. The quantitative estimate of drug-likeness (QED) is 0.442. The Hall–Kier alpha value is -3.59. The van der Waals surface area contributed by atoms with Crippen molar-refractivity contribution in [1.29, 1.82) is 0 Å². The molecule has 0 saturated heterocycles. The Morgan fingerprint density at radius 1 is 1.19 bits per heavy atom. The summed E-state index contributed by atoms with van der Waals surface area (Å²) < 4.78 is 0. The van der Waals surface area contributed by atoms with Crippen molar-refractivity contribution < 1.29 is 14.8 Å². The lowest BCUT2D eigenvalue weighted by molar-refractivity contribution is -0.384. The van der Waals surface area contributed by atoms with E-state index in [0.717, 1.165) is 0 Å². The minimum atomic E-state index is -1.00. The van der Waals surface area contributed by atoms with Crippen LogP contribution in [0.5, 0.6) is 0 Å². The van der Waals surface area contributed by atoms with E-state index in [1.54, 1.807) is 24.3 Å². The molecule has 9 heteroatoms. The SMILES string of the molecule is O=C(Cc1n[nH]c(=O)c2ccccc12)NC[C@H](O)c1ccc([N+](=O)[O-])cc1. The summed E-state index contributed by atoms with van der Waals surface area (Å²) in [4.78, 5) is 34.1. The number of nitrogens with one attached hydrogen (secondary N) is 2. The molecule has 0 radical (unpaired) electrons. The lowest BCUT2D eigenvalue weighted by Gasteiger charge is -2.12. The number of amides is 1. The number of hydrogen-bond donors (Lipinski definition) is 3. The average molecular weight is 368 g/mol. The van der Waals surface area contributed by atoms with Crippen molar-refractivity contribution in [3.05, 3.63) is 80.3 Å². The number of rotatable bonds is 6. The van der Waals surface area contributed by atoms with Gasteiger partial charge in [-0.15, -0.1) is 0 Å². The second-order valence-electron chi connectivity index (χ2n) is 5.89. The maximum atomic E-state index is 12.2. The molecule has 0 aliphatic heterocycles. The first-order chi connectivity index (χ1) is 13.0. The first-order valence-electron chi connectivity index (χ1n) is 8.11. The molecule has 0 fully saturated rings. The molecule has 1 amide bonds. The number of carbonyl (C=O) groups excluding carboxylic acids is 1. The number of nitro groups is 1. The highest BCUT2D eigenvalue weighted by Crippen LogP contribution is 2.17. The molecular weight excluding hydrogens is 352 g/mol. The zero-order chi connectivity index (χ0) is 19.4. The molecule has 1 aromatic heterocycles. The van der Waals surface area contributed by atoms with Gasteiger partial charge in [-0.2, -0.15) is 5.10 Å². The minimum Gasteiger partial charge on any atom is -0.387 e. The number of aliphatic hydroxyl groups excluding tert-OH is 1. The fourth-order valence-electron chi connectivity index (χ4n) is 2.67. The lowest BCUT2D eigenvalue weighted by Crippen LogP contribution is -2.30. The standard InChI is InChI=1S/C18H16N4O5/c23-16(11-5-7-12(8-6-11)22(26)27)10-19-17(24)9-15-13-3-1-2-4-14(13)18(25)21-20-15/h1-8,16,23H,9-10H2,(H,19,24)(H,21,25)/t16-/m0/s1. The van der Waals surface area contributed by atoms with Crippen LogP contribution in [0.25, 0.3) is 10.8 Å². The highest BCUT2D eigenvalue weighted by Gasteiger charge is 2.14. The van der Waals surface area contributed by atoms with Crippen LogP contribution in [0.1, 0.15) is 17.4 Å². The molecule has 138 valence electrons. The van der Waals surface area contributed by atoms with Gasteiger partial charge >= 0.3 is 0 Å². The molecule has 2 aromatic carbocycles. The number of aromatic nitrogens is 2. The highest BCUT2D eigenvalue weighted by atomic mass is 16.6. The van der Waals surface area contributed by atoms with Crippen molar-refractivity contribution >= 4 is 22.4 Å². The Balaban J connectivity index is 1.64. The van der Waals surface area contributed by atoms with Crippen LogP contribution in [-0.4, -0.2) is 32.7 Å². The van der Waals surface area contributed by atoms with Crippen LogP contribution in [0.2, 0.25) is 0 Å². The van der Waals surface area contributed by atoms with Gasteiger partial charge in [-0.1, -0.05) is 18.2 Å². The van der Waals surface area contributed by atoms with Gasteiger partial charge in [0.15, 0.2) is 0 Å². The summed E-state index contributed by atoms with van der Waals surface area (Å²) in [5.41, 5.74) is 0.468. The van der Waals surface area contributed by atoms with E-state index in [0.29, 0.717) is 22.0 Å². The molecule has 0 saturated carbocycles. The van der Waals surface area contributed by atoms with Gasteiger partial charge in [0.2, 0.25) is 5.91 Å². The number of benzene rings is 2. The predicted octanol–water partition coefficient (Wildman–Crippen LogP) is 1.22. The number of nitro benzene ring substituents is 1. The van der Waals surface area contributed by atoms with Crippen LogP contribution in [0.3, 0.4) is 0 Å². The Morgan fingerprint density at radius 2 is 1.85 bits per heavy atom. The van der Waals surface area contributed by atoms with E-state index in [-0.39, 0.29) is 30.1 Å². The smallest absolute Gasteiger partial charge is 0.272 e. The molecule has 9 nitrogen and oxygen atoms in total. The number of hydrogen-bond acceptors (Lipinski definition) is 6. The van der Waals surface area contributed by atoms with Gasteiger partial charge in [0, 0.05) is 24.1 Å². The highest BCUT2D eigenvalue weighted by molar-refractivity contribution is 5.88. The molecule has 0 spiro atoms.